The number of benzene rings is 2. The number of carbonyl (C=O) groups excluding carboxylic acids is 1. The Kier molecular flexibility index (Phi) is 3.95. The number of halogens is 1. The third kappa shape index (κ3) is 2.55. The molecule has 21 heavy (non-hydrogen) atoms. The van der Waals surface area contributed by atoms with Gasteiger partial charge in [-0.25, -0.2) is 0 Å². The summed E-state index contributed by atoms with van der Waals surface area (Å²) in [6, 6.07) is 15.2. The van der Waals surface area contributed by atoms with Gasteiger partial charge in [0.1, 0.15) is 0 Å². The fraction of sp³-hybridized carbons (Fsp3) is 0.235. The van der Waals surface area contributed by atoms with E-state index in [1.165, 1.54) is 5.56 Å². The first-order chi connectivity index (χ1) is 10.2. The van der Waals surface area contributed by atoms with Gasteiger partial charge in [-0.15, -0.1) is 0 Å². The minimum absolute atomic E-state index is 0.0504. The number of hydrogen-bond acceptors (Lipinski definition) is 2. The fourth-order valence-corrected chi connectivity index (χ4v) is 3.15. The lowest BCUT2D eigenvalue weighted by molar-refractivity contribution is 0.0668. The number of fused-ring (bicyclic) bond motifs is 1. The molecule has 1 heterocycles. The number of rotatable bonds is 2. The maximum Gasteiger partial charge on any atom is 0.255 e. The molecule has 2 aromatic rings. The summed E-state index contributed by atoms with van der Waals surface area (Å²) in [5.74, 6) is -0.0504. The van der Waals surface area contributed by atoms with Crippen LogP contribution in [-0.4, -0.2) is 23.9 Å². The van der Waals surface area contributed by atoms with E-state index in [-0.39, 0.29) is 11.9 Å². The van der Waals surface area contributed by atoms with E-state index < -0.39 is 0 Å². The Morgan fingerprint density at radius 1 is 1.19 bits per heavy atom. The molecule has 0 aliphatic carbocycles. The average molecular weight is 301 g/mol. The Labute approximate surface area is 129 Å². The molecule has 0 radical (unpaired) electrons. The van der Waals surface area contributed by atoms with Crippen molar-refractivity contribution < 1.29 is 4.79 Å². The molecule has 1 aliphatic heterocycles. The predicted molar refractivity (Wildman–Crippen MR) is 84.4 cm³/mol. The van der Waals surface area contributed by atoms with Crippen molar-refractivity contribution in [3.63, 3.8) is 0 Å². The standard InChI is InChI=1S/C17H17ClN2O/c18-15-8-4-3-7-14(15)17(21)20-10-9-12-5-1-2-6-13(12)16(20)11-19/h1-8,16H,9-11,19H2. The van der Waals surface area contributed by atoms with Crippen molar-refractivity contribution in [3.05, 3.63) is 70.2 Å². The molecular formula is C17H17ClN2O. The first-order valence-electron chi connectivity index (χ1n) is 7.05. The van der Waals surface area contributed by atoms with Crippen LogP contribution in [0.25, 0.3) is 0 Å². The molecule has 1 amide bonds. The van der Waals surface area contributed by atoms with Crippen LogP contribution in [0, 0.1) is 0 Å². The van der Waals surface area contributed by atoms with Gasteiger partial charge in [0.2, 0.25) is 0 Å². The Balaban J connectivity index is 1.96. The molecule has 2 aromatic carbocycles. The number of hydrogen-bond donors (Lipinski definition) is 1. The zero-order chi connectivity index (χ0) is 14.8. The smallest absolute Gasteiger partial charge is 0.255 e. The molecule has 3 nitrogen and oxygen atoms in total. The summed E-state index contributed by atoms with van der Waals surface area (Å²) in [4.78, 5) is 14.6. The molecule has 1 aliphatic rings. The van der Waals surface area contributed by atoms with Crippen molar-refractivity contribution in [2.24, 2.45) is 5.73 Å². The highest BCUT2D eigenvalue weighted by molar-refractivity contribution is 6.33. The van der Waals surface area contributed by atoms with Crippen molar-refractivity contribution in [3.8, 4) is 0 Å². The highest BCUT2D eigenvalue weighted by atomic mass is 35.5. The van der Waals surface area contributed by atoms with Gasteiger partial charge in [0.25, 0.3) is 5.91 Å². The van der Waals surface area contributed by atoms with E-state index in [4.69, 9.17) is 17.3 Å². The van der Waals surface area contributed by atoms with Gasteiger partial charge in [-0.2, -0.15) is 0 Å². The SMILES string of the molecule is NCC1c2ccccc2CCN1C(=O)c1ccccc1Cl. The van der Waals surface area contributed by atoms with Crippen LogP contribution in [-0.2, 0) is 6.42 Å². The molecule has 3 rings (SSSR count). The van der Waals surface area contributed by atoms with Crippen LogP contribution >= 0.6 is 11.6 Å². The third-order valence-electron chi connectivity index (χ3n) is 4.00. The van der Waals surface area contributed by atoms with Gasteiger partial charge < -0.3 is 10.6 Å². The van der Waals surface area contributed by atoms with Gasteiger partial charge >= 0.3 is 0 Å². The second-order valence-electron chi connectivity index (χ2n) is 5.18. The second kappa shape index (κ2) is 5.88. The van der Waals surface area contributed by atoms with E-state index in [1.807, 2.05) is 29.2 Å². The van der Waals surface area contributed by atoms with Crippen molar-refractivity contribution in [1.29, 1.82) is 0 Å². The van der Waals surface area contributed by atoms with E-state index in [0.29, 0.717) is 23.7 Å². The van der Waals surface area contributed by atoms with Crippen LogP contribution in [0.15, 0.2) is 48.5 Å². The first kappa shape index (κ1) is 14.1. The first-order valence-corrected chi connectivity index (χ1v) is 7.43. The molecule has 0 saturated heterocycles. The molecule has 108 valence electrons. The van der Waals surface area contributed by atoms with Gasteiger partial charge in [-0.05, 0) is 29.7 Å². The zero-order valence-electron chi connectivity index (χ0n) is 11.6. The van der Waals surface area contributed by atoms with Crippen LogP contribution in [0.1, 0.15) is 27.5 Å². The van der Waals surface area contributed by atoms with Gasteiger partial charge in [0.05, 0.1) is 16.6 Å². The van der Waals surface area contributed by atoms with Crippen molar-refractivity contribution in [1.82, 2.24) is 4.90 Å². The number of nitrogens with two attached hydrogens (primary N) is 1. The van der Waals surface area contributed by atoms with E-state index in [0.717, 1.165) is 12.0 Å². The molecule has 0 bridgehead atoms. The number of nitrogens with zero attached hydrogens (tertiary/aromatic N) is 1. The minimum atomic E-state index is -0.0845. The fourth-order valence-electron chi connectivity index (χ4n) is 2.94. The Bertz CT molecular complexity index is 671. The summed E-state index contributed by atoms with van der Waals surface area (Å²) in [6.07, 6.45) is 0.850. The summed E-state index contributed by atoms with van der Waals surface area (Å²) in [7, 11) is 0. The summed E-state index contributed by atoms with van der Waals surface area (Å²) < 4.78 is 0. The van der Waals surface area contributed by atoms with E-state index >= 15 is 0 Å². The van der Waals surface area contributed by atoms with Gasteiger partial charge in [-0.1, -0.05) is 48.0 Å². The Morgan fingerprint density at radius 3 is 2.67 bits per heavy atom. The zero-order valence-corrected chi connectivity index (χ0v) is 12.4. The van der Waals surface area contributed by atoms with E-state index in [9.17, 15) is 4.79 Å². The topological polar surface area (TPSA) is 46.3 Å². The molecule has 2 N–H and O–H groups in total. The normalized spacial score (nSPS) is 17.4. The molecule has 0 saturated carbocycles. The maximum absolute atomic E-state index is 12.8. The predicted octanol–water partition coefficient (Wildman–Crippen LogP) is 3.04. The highest BCUT2D eigenvalue weighted by Gasteiger charge is 2.30. The molecule has 1 unspecified atom stereocenters. The van der Waals surface area contributed by atoms with E-state index in [1.54, 1.807) is 12.1 Å². The van der Waals surface area contributed by atoms with Crippen LogP contribution in [0.3, 0.4) is 0 Å². The van der Waals surface area contributed by atoms with Crippen molar-refractivity contribution >= 4 is 17.5 Å². The number of amides is 1. The molecule has 0 spiro atoms. The minimum Gasteiger partial charge on any atom is -0.330 e. The summed E-state index contributed by atoms with van der Waals surface area (Å²) in [5.41, 5.74) is 8.89. The highest BCUT2D eigenvalue weighted by Crippen LogP contribution is 2.31. The van der Waals surface area contributed by atoms with Crippen molar-refractivity contribution in [2.45, 2.75) is 12.5 Å². The number of carbonyl (C=O) groups is 1. The Morgan fingerprint density at radius 2 is 1.90 bits per heavy atom. The lowest BCUT2D eigenvalue weighted by atomic mass is 9.92. The summed E-state index contributed by atoms with van der Waals surface area (Å²) in [5, 5.41) is 0.483. The van der Waals surface area contributed by atoms with Crippen molar-refractivity contribution in [2.75, 3.05) is 13.1 Å². The maximum atomic E-state index is 12.8. The quantitative estimate of drug-likeness (QED) is 0.926. The van der Waals surface area contributed by atoms with Gasteiger partial charge in [-0.3, -0.25) is 4.79 Å². The van der Waals surface area contributed by atoms with Gasteiger partial charge in [0.15, 0.2) is 0 Å². The average Bonchev–Trinajstić information content (AvgIpc) is 2.53. The third-order valence-corrected chi connectivity index (χ3v) is 4.33. The van der Waals surface area contributed by atoms with Crippen LogP contribution < -0.4 is 5.73 Å². The van der Waals surface area contributed by atoms with Crippen LogP contribution in [0.2, 0.25) is 5.02 Å². The monoisotopic (exact) mass is 300 g/mol. The molecular weight excluding hydrogens is 284 g/mol. The molecule has 1 atom stereocenters. The van der Waals surface area contributed by atoms with Gasteiger partial charge in [0, 0.05) is 13.1 Å². The second-order valence-corrected chi connectivity index (χ2v) is 5.59. The van der Waals surface area contributed by atoms with E-state index in [2.05, 4.69) is 12.1 Å². The summed E-state index contributed by atoms with van der Waals surface area (Å²) >= 11 is 6.15. The molecule has 0 fully saturated rings. The summed E-state index contributed by atoms with van der Waals surface area (Å²) in [6.45, 7) is 1.08. The molecule has 4 heteroatoms. The lowest BCUT2D eigenvalue weighted by Gasteiger charge is -2.37. The Hall–Kier alpha value is -1.84. The lowest BCUT2D eigenvalue weighted by Crippen LogP contribution is -2.43. The molecule has 0 aromatic heterocycles. The van der Waals surface area contributed by atoms with Crippen LogP contribution in [0.4, 0.5) is 0 Å². The largest absolute Gasteiger partial charge is 0.330 e. The van der Waals surface area contributed by atoms with Crippen LogP contribution in [0.5, 0.6) is 0 Å².